The van der Waals surface area contributed by atoms with Gasteiger partial charge in [-0.15, -0.1) is 11.3 Å². The summed E-state index contributed by atoms with van der Waals surface area (Å²) in [5.41, 5.74) is 1.22. The molecule has 0 bridgehead atoms. The highest BCUT2D eigenvalue weighted by Crippen LogP contribution is 2.33. The molecule has 0 spiro atoms. The highest BCUT2D eigenvalue weighted by molar-refractivity contribution is 7.09. The third kappa shape index (κ3) is 3.11. The van der Waals surface area contributed by atoms with Gasteiger partial charge in [-0.3, -0.25) is 4.68 Å². The van der Waals surface area contributed by atoms with Crippen molar-refractivity contribution < 1.29 is 4.74 Å². The van der Waals surface area contributed by atoms with Crippen LogP contribution in [0.15, 0.2) is 29.9 Å². The average Bonchev–Trinajstić information content (AvgIpc) is 3.20. The summed E-state index contributed by atoms with van der Waals surface area (Å²) >= 11 is 1.80. The van der Waals surface area contributed by atoms with E-state index in [0.717, 1.165) is 32.7 Å². The number of thiophene rings is 1. The number of aryl methyl sites for hydroxylation is 1. The smallest absolute Gasteiger partial charge is 0.0896 e. The molecule has 4 nitrogen and oxygen atoms in total. The van der Waals surface area contributed by atoms with Gasteiger partial charge >= 0.3 is 0 Å². The quantitative estimate of drug-likeness (QED) is 0.889. The van der Waals surface area contributed by atoms with Crippen molar-refractivity contribution in [2.45, 2.75) is 32.5 Å². The molecule has 2 aromatic rings. The van der Waals surface area contributed by atoms with Gasteiger partial charge in [-0.2, -0.15) is 5.10 Å². The molecule has 0 aromatic carbocycles. The first-order valence-electron chi connectivity index (χ1n) is 7.24. The fraction of sp³-hybridized carbons (Fsp3) is 0.533. The van der Waals surface area contributed by atoms with Crippen molar-refractivity contribution in [3.05, 3.63) is 40.3 Å². The maximum absolute atomic E-state index is 5.91. The van der Waals surface area contributed by atoms with Gasteiger partial charge in [0.05, 0.1) is 12.3 Å². The van der Waals surface area contributed by atoms with Gasteiger partial charge in [-0.1, -0.05) is 6.07 Å². The van der Waals surface area contributed by atoms with E-state index < -0.39 is 0 Å². The monoisotopic (exact) mass is 291 g/mol. The largest absolute Gasteiger partial charge is 0.373 e. The molecular formula is C15H21N3OS. The molecule has 0 radical (unpaired) electrons. The third-order valence-electron chi connectivity index (χ3n) is 3.81. The van der Waals surface area contributed by atoms with Gasteiger partial charge in [0.15, 0.2) is 0 Å². The maximum Gasteiger partial charge on any atom is 0.0896 e. The summed E-state index contributed by atoms with van der Waals surface area (Å²) in [6, 6.07) is 4.27. The van der Waals surface area contributed by atoms with E-state index in [1.54, 1.807) is 11.3 Å². The molecule has 1 fully saturated rings. The SMILES string of the molecule is CCn1cc([C@@H]2OCC[C@H]2CNCc2cccs2)cn1. The van der Waals surface area contributed by atoms with Crippen molar-refractivity contribution in [3.8, 4) is 0 Å². The van der Waals surface area contributed by atoms with E-state index in [1.165, 1.54) is 10.4 Å². The standard InChI is InChI=1S/C15H21N3OS/c1-2-18-11-13(9-17-18)15-12(5-6-19-15)8-16-10-14-4-3-7-20-14/h3-4,7,9,11-12,15-16H,2,5-6,8,10H2,1H3/t12-,15+/m0/s1. The predicted molar refractivity (Wildman–Crippen MR) is 80.7 cm³/mol. The summed E-state index contributed by atoms with van der Waals surface area (Å²) in [6.45, 7) is 5.82. The van der Waals surface area contributed by atoms with Crippen LogP contribution in [0.25, 0.3) is 0 Å². The van der Waals surface area contributed by atoms with Crippen LogP contribution < -0.4 is 5.32 Å². The molecular weight excluding hydrogens is 270 g/mol. The zero-order valence-electron chi connectivity index (χ0n) is 11.8. The normalized spacial score (nSPS) is 22.4. The second-order valence-corrected chi connectivity index (χ2v) is 6.21. The zero-order chi connectivity index (χ0) is 13.8. The average molecular weight is 291 g/mol. The number of ether oxygens (including phenoxy) is 1. The highest BCUT2D eigenvalue weighted by atomic mass is 32.1. The minimum absolute atomic E-state index is 0.200. The molecule has 0 amide bonds. The van der Waals surface area contributed by atoms with Crippen LogP contribution in [0.5, 0.6) is 0 Å². The van der Waals surface area contributed by atoms with Crippen LogP contribution in [0.2, 0.25) is 0 Å². The summed E-state index contributed by atoms with van der Waals surface area (Å²) < 4.78 is 7.87. The van der Waals surface area contributed by atoms with Gasteiger partial charge < -0.3 is 10.1 Å². The molecule has 0 saturated carbocycles. The summed E-state index contributed by atoms with van der Waals surface area (Å²) in [5.74, 6) is 0.546. The molecule has 20 heavy (non-hydrogen) atoms. The van der Waals surface area contributed by atoms with E-state index in [0.29, 0.717) is 5.92 Å². The second-order valence-electron chi connectivity index (χ2n) is 5.18. The number of nitrogens with one attached hydrogen (secondary N) is 1. The van der Waals surface area contributed by atoms with E-state index in [9.17, 15) is 0 Å². The number of hydrogen-bond donors (Lipinski definition) is 1. The number of hydrogen-bond acceptors (Lipinski definition) is 4. The van der Waals surface area contributed by atoms with Crippen molar-refractivity contribution in [2.75, 3.05) is 13.2 Å². The fourth-order valence-corrected chi connectivity index (χ4v) is 3.38. The van der Waals surface area contributed by atoms with Gasteiger partial charge in [0.25, 0.3) is 0 Å². The maximum atomic E-state index is 5.91. The van der Waals surface area contributed by atoms with Crippen LogP contribution in [-0.4, -0.2) is 22.9 Å². The van der Waals surface area contributed by atoms with Crippen LogP contribution in [0.4, 0.5) is 0 Å². The van der Waals surface area contributed by atoms with Gasteiger partial charge in [-0.25, -0.2) is 0 Å². The lowest BCUT2D eigenvalue weighted by molar-refractivity contribution is 0.0904. The van der Waals surface area contributed by atoms with Gasteiger partial charge in [-0.05, 0) is 24.8 Å². The molecule has 1 aliphatic rings. The Bertz CT molecular complexity index is 523. The number of rotatable bonds is 6. The van der Waals surface area contributed by atoms with Crippen molar-refractivity contribution >= 4 is 11.3 Å². The fourth-order valence-electron chi connectivity index (χ4n) is 2.70. The molecule has 0 unspecified atom stereocenters. The Morgan fingerprint density at radius 3 is 3.25 bits per heavy atom. The molecule has 3 heterocycles. The van der Waals surface area contributed by atoms with Crippen molar-refractivity contribution in [3.63, 3.8) is 0 Å². The van der Waals surface area contributed by atoms with Crippen LogP contribution in [0.3, 0.4) is 0 Å². The van der Waals surface area contributed by atoms with E-state index >= 15 is 0 Å². The lowest BCUT2D eigenvalue weighted by Gasteiger charge is -2.17. The molecule has 1 aliphatic heterocycles. The first kappa shape index (κ1) is 13.8. The predicted octanol–water partition coefficient (Wildman–Crippen LogP) is 2.83. The van der Waals surface area contributed by atoms with E-state index in [1.807, 2.05) is 10.9 Å². The first-order chi connectivity index (χ1) is 9.86. The Morgan fingerprint density at radius 1 is 1.55 bits per heavy atom. The highest BCUT2D eigenvalue weighted by Gasteiger charge is 2.30. The number of aromatic nitrogens is 2. The molecule has 1 saturated heterocycles. The van der Waals surface area contributed by atoms with Gasteiger partial charge in [0, 0.05) is 48.8 Å². The van der Waals surface area contributed by atoms with E-state index in [2.05, 4.69) is 41.0 Å². The Balaban J connectivity index is 1.55. The topological polar surface area (TPSA) is 39.1 Å². The molecule has 0 aliphatic carbocycles. The summed E-state index contributed by atoms with van der Waals surface area (Å²) in [4.78, 5) is 1.39. The lowest BCUT2D eigenvalue weighted by Crippen LogP contribution is -2.24. The van der Waals surface area contributed by atoms with Gasteiger partial charge in [0.1, 0.15) is 0 Å². The Morgan fingerprint density at radius 2 is 2.50 bits per heavy atom. The second kappa shape index (κ2) is 6.52. The minimum atomic E-state index is 0.200. The molecule has 1 N–H and O–H groups in total. The van der Waals surface area contributed by atoms with Crippen molar-refractivity contribution in [1.82, 2.24) is 15.1 Å². The number of nitrogens with zero attached hydrogens (tertiary/aromatic N) is 2. The third-order valence-corrected chi connectivity index (χ3v) is 4.68. The molecule has 2 aromatic heterocycles. The van der Waals surface area contributed by atoms with Crippen molar-refractivity contribution in [1.29, 1.82) is 0 Å². The molecule has 2 atom stereocenters. The first-order valence-corrected chi connectivity index (χ1v) is 8.12. The Kier molecular flexibility index (Phi) is 4.50. The van der Waals surface area contributed by atoms with Crippen molar-refractivity contribution in [2.24, 2.45) is 5.92 Å². The van der Waals surface area contributed by atoms with Crippen LogP contribution in [-0.2, 0) is 17.8 Å². The van der Waals surface area contributed by atoms with E-state index in [-0.39, 0.29) is 6.10 Å². The Hall–Kier alpha value is -1.17. The summed E-state index contributed by atoms with van der Waals surface area (Å²) in [6.07, 6.45) is 5.39. The van der Waals surface area contributed by atoms with Crippen LogP contribution >= 0.6 is 11.3 Å². The minimum Gasteiger partial charge on any atom is -0.373 e. The molecule has 108 valence electrons. The zero-order valence-corrected chi connectivity index (χ0v) is 12.6. The summed E-state index contributed by atoms with van der Waals surface area (Å²) in [5, 5.41) is 10.0. The lowest BCUT2D eigenvalue weighted by atomic mass is 9.97. The Labute approximate surface area is 123 Å². The van der Waals surface area contributed by atoms with Crippen LogP contribution in [0.1, 0.15) is 29.9 Å². The molecule has 3 rings (SSSR count). The van der Waals surface area contributed by atoms with E-state index in [4.69, 9.17) is 4.74 Å². The molecule has 5 heteroatoms. The van der Waals surface area contributed by atoms with Crippen LogP contribution in [0, 0.1) is 5.92 Å². The van der Waals surface area contributed by atoms with Gasteiger partial charge in [0.2, 0.25) is 0 Å². The summed E-state index contributed by atoms with van der Waals surface area (Å²) in [7, 11) is 0.